The Morgan fingerprint density at radius 2 is 1.50 bits per heavy atom. The molecule has 178 valence electrons. The molecule has 2 amide bonds. The van der Waals surface area contributed by atoms with Gasteiger partial charge < -0.3 is 14.5 Å². The van der Waals surface area contributed by atoms with Gasteiger partial charge in [0, 0.05) is 45.2 Å². The highest BCUT2D eigenvalue weighted by Gasteiger charge is 2.36. The summed E-state index contributed by atoms with van der Waals surface area (Å²) in [6, 6.07) is 4.52. The fourth-order valence-electron chi connectivity index (χ4n) is 3.71. The van der Waals surface area contributed by atoms with Crippen molar-refractivity contribution in [3.05, 3.63) is 30.1 Å². The number of carbonyl (C=O) groups excluding carboxylic acids is 2. The molecule has 2 aliphatic heterocycles. The largest absolute Gasteiger partial charge is 0.440 e. The number of rotatable bonds is 4. The summed E-state index contributed by atoms with van der Waals surface area (Å²) in [5.41, 5.74) is 0. The van der Waals surface area contributed by atoms with Gasteiger partial charge in [-0.1, -0.05) is 0 Å². The van der Waals surface area contributed by atoms with Crippen molar-refractivity contribution in [1.29, 1.82) is 0 Å². The highest BCUT2D eigenvalue weighted by molar-refractivity contribution is 7.89. The number of nitrogens with zero attached hydrogens (tertiary/aromatic N) is 3. The first-order valence-electron chi connectivity index (χ1n) is 10.0. The van der Waals surface area contributed by atoms with Crippen molar-refractivity contribution in [3.8, 4) is 0 Å². The van der Waals surface area contributed by atoms with E-state index >= 15 is 0 Å². The van der Waals surface area contributed by atoms with Crippen LogP contribution in [0.2, 0.25) is 0 Å². The van der Waals surface area contributed by atoms with Gasteiger partial charge in [-0.2, -0.15) is 17.5 Å². The molecular formula is C19H23F4N3O5S. The molecule has 1 aromatic rings. The smallest absolute Gasteiger partial charge is 0.422 e. The van der Waals surface area contributed by atoms with Crippen LogP contribution in [0.3, 0.4) is 0 Å². The van der Waals surface area contributed by atoms with Crippen LogP contribution < -0.4 is 0 Å². The van der Waals surface area contributed by atoms with Crippen molar-refractivity contribution in [2.45, 2.75) is 23.9 Å². The highest BCUT2D eigenvalue weighted by atomic mass is 32.2. The number of ether oxygens (including phenoxy) is 1. The molecule has 13 heteroatoms. The zero-order chi connectivity index (χ0) is 23.5. The number of benzene rings is 1. The van der Waals surface area contributed by atoms with Crippen LogP contribution in [-0.2, 0) is 19.6 Å². The first-order chi connectivity index (χ1) is 15.0. The van der Waals surface area contributed by atoms with Gasteiger partial charge in [-0.3, -0.25) is 4.79 Å². The standard InChI is InChI=1S/C19H23F4N3O5S/c20-15-1-3-16(4-2-15)32(29,30)26-11-9-24(10-12-26)17(27)14-5-7-25(8-6-14)18(28)31-13-19(21,22)23/h1-4,14H,5-13H2. The molecule has 8 nitrogen and oxygen atoms in total. The van der Waals surface area contributed by atoms with Crippen LogP contribution in [0.25, 0.3) is 0 Å². The number of piperidine rings is 1. The summed E-state index contributed by atoms with van der Waals surface area (Å²) in [5.74, 6) is -1.12. The number of amides is 2. The normalized spacial score (nSPS) is 19.1. The van der Waals surface area contributed by atoms with E-state index in [9.17, 15) is 35.6 Å². The van der Waals surface area contributed by atoms with Crippen LogP contribution in [0.1, 0.15) is 12.8 Å². The summed E-state index contributed by atoms with van der Waals surface area (Å²) < 4.78 is 80.4. The lowest BCUT2D eigenvalue weighted by atomic mass is 9.95. The topological polar surface area (TPSA) is 87.2 Å². The van der Waals surface area contributed by atoms with Gasteiger partial charge in [-0.15, -0.1) is 0 Å². The van der Waals surface area contributed by atoms with E-state index < -0.39 is 40.6 Å². The monoisotopic (exact) mass is 481 g/mol. The third kappa shape index (κ3) is 5.88. The minimum atomic E-state index is -4.60. The summed E-state index contributed by atoms with van der Waals surface area (Å²) in [6.45, 7) is -0.893. The minimum Gasteiger partial charge on any atom is -0.440 e. The Morgan fingerprint density at radius 1 is 0.938 bits per heavy atom. The van der Waals surface area contributed by atoms with E-state index in [1.807, 2.05) is 0 Å². The van der Waals surface area contributed by atoms with E-state index in [-0.39, 0.29) is 62.9 Å². The fraction of sp³-hybridized carbons (Fsp3) is 0.579. The number of alkyl halides is 3. The van der Waals surface area contributed by atoms with E-state index in [0.29, 0.717) is 0 Å². The summed E-state index contributed by atoms with van der Waals surface area (Å²) in [7, 11) is -3.80. The summed E-state index contributed by atoms with van der Waals surface area (Å²) in [6.07, 6.45) is -5.09. The number of hydrogen-bond donors (Lipinski definition) is 0. The maximum Gasteiger partial charge on any atom is 0.422 e. The van der Waals surface area contributed by atoms with Crippen LogP contribution in [0, 0.1) is 11.7 Å². The lowest BCUT2D eigenvalue weighted by Crippen LogP contribution is -2.53. The van der Waals surface area contributed by atoms with E-state index in [2.05, 4.69) is 4.74 Å². The van der Waals surface area contributed by atoms with Crippen molar-refractivity contribution in [2.24, 2.45) is 5.92 Å². The predicted molar refractivity (Wildman–Crippen MR) is 103 cm³/mol. The maximum atomic E-state index is 13.1. The molecule has 1 aromatic carbocycles. The Kier molecular flexibility index (Phi) is 7.28. The molecule has 0 radical (unpaired) electrons. The third-order valence-electron chi connectivity index (χ3n) is 5.46. The Morgan fingerprint density at radius 3 is 2.03 bits per heavy atom. The van der Waals surface area contributed by atoms with Gasteiger partial charge in [0.15, 0.2) is 6.61 Å². The molecule has 2 heterocycles. The molecule has 2 saturated heterocycles. The molecule has 2 aliphatic rings. The van der Waals surface area contributed by atoms with E-state index in [4.69, 9.17) is 0 Å². The minimum absolute atomic E-state index is 0.0246. The Bertz CT molecular complexity index is 923. The number of piperazine rings is 1. The molecule has 0 bridgehead atoms. The average Bonchev–Trinajstić information content (AvgIpc) is 2.77. The molecule has 0 spiro atoms. The molecule has 0 atom stereocenters. The van der Waals surface area contributed by atoms with Crippen LogP contribution in [0.4, 0.5) is 22.4 Å². The number of hydrogen-bond acceptors (Lipinski definition) is 5. The van der Waals surface area contributed by atoms with E-state index in [0.717, 1.165) is 17.0 Å². The molecule has 2 fully saturated rings. The van der Waals surface area contributed by atoms with Gasteiger partial charge in [0.1, 0.15) is 5.82 Å². The van der Waals surface area contributed by atoms with Crippen molar-refractivity contribution in [3.63, 3.8) is 0 Å². The molecule has 32 heavy (non-hydrogen) atoms. The van der Waals surface area contributed by atoms with Crippen LogP contribution in [-0.4, -0.2) is 86.6 Å². The summed E-state index contributed by atoms with van der Waals surface area (Å²) in [4.78, 5) is 27.2. The van der Waals surface area contributed by atoms with E-state index in [1.54, 1.807) is 4.90 Å². The second kappa shape index (κ2) is 9.61. The van der Waals surface area contributed by atoms with Crippen LogP contribution in [0.15, 0.2) is 29.2 Å². The van der Waals surface area contributed by atoms with Crippen molar-refractivity contribution in [1.82, 2.24) is 14.1 Å². The lowest BCUT2D eigenvalue weighted by Gasteiger charge is -2.38. The molecule has 0 N–H and O–H groups in total. The summed E-state index contributed by atoms with van der Waals surface area (Å²) in [5, 5.41) is 0. The number of halogens is 4. The van der Waals surface area contributed by atoms with Gasteiger partial charge >= 0.3 is 12.3 Å². The predicted octanol–water partition coefficient (Wildman–Crippen LogP) is 2.07. The SMILES string of the molecule is O=C(OCC(F)(F)F)N1CCC(C(=O)N2CCN(S(=O)(=O)c3ccc(F)cc3)CC2)CC1. The first kappa shape index (κ1) is 24.2. The third-order valence-corrected chi connectivity index (χ3v) is 7.38. The van der Waals surface area contributed by atoms with Crippen molar-refractivity contribution in [2.75, 3.05) is 45.9 Å². The fourth-order valence-corrected chi connectivity index (χ4v) is 5.13. The number of likely N-dealkylation sites (tertiary alicyclic amines) is 1. The van der Waals surface area contributed by atoms with Gasteiger partial charge in [-0.25, -0.2) is 17.6 Å². The van der Waals surface area contributed by atoms with E-state index in [1.165, 1.54) is 16.4 Å². The zero-order valence-corrected chi connectivity index (χ0v) is 17.9. The molecular weight excluding hydrogens is 458 g/mol. The highest BCUT2D eigenvalue weighted by Crippen LogP contribution is 2.24. The number of carbonyl (C=O) groups is 2. The van der Waals surface area contributed by atoms with Gasteiger partial charge in [0.25, 0.3) is 0 Å². The number of sulfonamides is 1. The van der Waals surface area contributed by atoms with Crippen LogP contribution >= 0.6 is 0 Å². The quantitative estimate of drug-likeness (QED) is 0.615. The van der Waals surface area contributed by atoms with Gasteiger partial charge in [0.05, 0.1) is 4.90 Å². The second-order valence-corrected chi connectivity index (χ2v) is 9.55. The van der Waals surface area contributed by atoms with Crippen LogP contribution in [0.5, 0.6) is 0 Å². The average molecular weight is 481 g/mol. The summed E-state index contributed by atoms with van der Waals surface area (Å²) >= 11 is 0. The van der Waals surface area contributed by atoms with Gasteiger partial charge in [0.2, 0.25) is 15.9 Å². The molecule has 0 aliphatic carbocycles. The lowest BCUT2D eigenvalue weighted by molar-refractivity contribution is -0.162. The Hall–Kier alpha value is -2.41. The van der Waals surface area contributed by atoms with Crippen molar-refractivity contribution < 1.29 is 40.3 Å². The Balaban J connectivity index is 1.48. The zero-order valence-electron chi connectivity index (χ0n) is 17.1. The van der Waals surface area contributed by atoms with Gasteiger partial charge in [-0.05, 0) is 37.1 Å². The second-order valence-electron chi connectivity index (χ2n) is 7.61. The molecule has 3 rings (SSSR count). The first-order valence-corrected chi connectivity index (χ1v) is 11.4. The van der Waals surface area contributed by atoms with Crippen molar-refractivity contribution >= 4 is 22.0 Å². The molecule has 0 aromatic heterocycles. The molecule has 0 saturated carbocycles. The Labute approximate surface area is 182 Å². The molecule has 0 unspecified atom stereocenters. The maximum absolute atomic E-state index is 13.1.